The fourth-order valence-corrected chi connectivity index (χ4v) is 1.95. The molecule has 5 heteroatoms. The average molecular weight is 300 g/mol. The van der Waals surface area contributed by atoms with Gasteiger partial charge in [-0.15, -0.1) is 0 Å². The lowest BCUT2D eigenvalue weighted by Crippen LogP contribution is -2.36. The Balaban J connectivity index is 1.97. The van der Waals surface area contributed by atoms with Gasteiger partial charge in [-0.1, -0.05) is 36.4 Å². The largest absolute Gasteiger partial charge is 0.341 e. The molecule has 0 aromatic heterocycles. The van der Waals surface area contributed by atoms with Crippen molar-refractivity contribution in [3.05, 3.63) is 65.5 Å². The average Bonchev–Trinajstić information content (AvgIpc) is 2.51. The minimum Gasteiger partial charge on any atom is -0.341 e. The molecule has 0 heterocycles. The van der Waals surface area contributed by atoms with Crippen LogP contribution in [0, 0.1) is 12.7 Å². The molecule has 0 spiro atoms. The summed E-state index contributed by atoms with van der Waals surface area (Å²) >= 11 is 0. The Bertz CT molecular complexity index is 686. The summed E-state index contributed by atoms with van der Waals surface area (Å²) in [7, 11) is 0. The Hall–Kier alpha value is -2.69. The molecule has 22 heavy (non-hydrogen) atoms. The van der Waals surface area contributed by atoms with Crippen LogP contribution in [0.4, 0.5) is 10.1 Å². The van der Waals surface area contributed by atoms with E-state index in [0.717, 1.165) is 5.56 Å². The topological polar surface area (TPSA) is 58.2 Å². The fourth-order valence-electron chi connectivity index (χ4n) is 1.95. The molecule has 0 fully saturated rings. The molecule has 1 atom stereocenters. The van der Waals surface area contributed by atoms with Crippen LogP contribution in [0.1, 0.15) is 24.1 Å². The number of rotatable bonds is 3. The minimum atomic E-state index is -0.828. The second kappa shape index (κ2) is 6.85. The Morgan fingerprint density at radius 3 is 2.36 bits per heavy atom. The summed E-state index contributed by atoms with van der Waals surface area (Å²) in [5.41, 5.74) is 1.61. The summed E-state index contributed by atoms with van der Waals surface area (Å²) < 4.78 is 13.4. The smallest absolute Gasteiger partial charge is 0.313 e. The Morgan fingerprint density at radius 1 is 1.05 bits per heavy atom. The number of carbonyl (C=O) groups is 2. The van der Waals surface area contributed by atoms with E-state index in [1.807, 2.05) is 30.3 Å². The summed E-state index contributed by atoms with van der Waals surface area (Å²) in [5.74, 6) is -2.03. The van der Waals surface area contributed by atoms with Gasteiger partial charge in [-0.2, -0.15) is 0 Å². The maximum absolute atomic E-state index is 13.4. The molecule has 2 N–H and O–H groups in total. The Labute approximate surface area is 128 Å². The number of hydrogen-bond acceptors (Lipinski definition) is 2. The third-order valence-corrected chi connectivity index (χ3v) is 3.28. The maximum Gasteiger partial charge on any atom is 0.313 e. The van der Waals surface area contributed by atoms with E-state index in [1.165, 1.54) is 12.1 Å². The van der Waals surface area contributed by atoms with Gasteiger partial charge in [-0.05, 0) is 37.1 Å². The van der Waals surface area contributed by atoms with E-state index in [1.54, 1.807) is 19.9 Å². The van der Waals surface area contributed by atoms with Crippen LogP contribution in [0.15, 0.2) is 48.5 Å². The highest BCUT2D eigenvalue weighted by Crippen LogP contribution is 2.14. The summed E-state index contributed by atoms with van der Waals surface area (Å²) in [6, 6.07) is 13.3. The molecule has 0 saturated heterocycles. The van der Waals surface area contributed by atoms with Crippen molar-refractivity contribution < 1.29 is 14.0 Å². The third-order valence-electron chi connectivity index (χ3n) is 3.28. The van der Waals surface area contributed by atoms with E-state index in [9.17, 15) is 14.0 Å². The van der Waals surface area contributed by atoms with E-state index in [-0.39, 0.29) is 11.7 Å². The molecule has 2 rings (SSSR count). The third kappa shape index (κ3) is 3.91. The monoisotopic (exact) mass is 300 g/mol. The fraction of sp³-hybridized carbons (Fsp3) is 0.176. The van der Waals surface area contributed by atoms with Crippen molar-refractivity contribution >= 4 is 17.5 Å². The van der Waals surface area contributed by atoms with Gasteiger partial charge in [0.25, 0.3) is 0 Å². The Morgan fingerprint density at radius 2 is 1.73 bits per heavy atom. The van der Waals surface area contributed by atoms with Crippen LogP contribution in [0.2, 0.25) is 0 Å². The zero-order valence-electron chi connectivity index (χ0n) is 12.4. The standard InChI is InChI=1S/C17H17FN2O2/c1-11-8-9-14(10-15(11)18)20-17(22)16(21)19-12(2)13-6-4-3-5-7-13/h3-10,12H,1-2H3,(H,19,21)(H,20,22)/t12-/m1/s1. The van der Waals surface area contributed by atoms with E-state index >= 15 is 0 Å². The predicted molar refractivity (Wildman–Crippen MR) is 82.8 cm³/mol. The van der Waals surface area contributed by atoms with Gasteiger partial charge in [-0.3, -0.25) is 9.59 Å². The first-order valence-electron chi connectivity index (χ1n) is 6.90. The van der Waals surface area contributed by atoms with E-state index in [0.29, 0.717) is 5.56 Å². The van der Waals surface area contributed by atoms with Gasteiger partial charge < -0.3 is 10.6 Å². The number of hydrogen-bond donors (Lipinski definition) is 2. The number of anilines is 1. The molecule has 0 aliphatic rings. The van der Waals surface area contributed by atoms with Crippen molar-refractivity contribution in [2.24, 2.45) is 0 Å². The van der Waals surface area contributed by atoms with Gasteiger partial charge in [0, 0.05) is 5.69 Å². The van der Waals surface area contributed by atoms with Gasteiger partial charge in [0.05, 0.1) is 6.04 Å². The van der Waals surface area contributed by atoms with Crippen LogP contribution in [-0.4, -0.2) is 11.8 Å². The SMILES string of the molecule is Cc1ccc(NC(=O)C(=O)N[C@H](C)c2ccccc2)cc1F. The van der Waals surface area contributed by atoms with Crippen molar-refractivity contribution in [2.75, 3.05) is 5.32 Å². The van der Waals surface area contributed by atoms with Gasteiger partial charge in [0.2, 0.25) is 0 Å². The van der Waals surface area contributed by atoms with Crippen molar-refractivity contribution in [1.29, 1.82) is 0 Å². The second-order valence-electron chi connectivity index (χ2n) is 5.02. The van der Waals surface area contributed by atoms with Crippen LogP contribution in [0.25, 0.3) is 0 Å². The van der Waals surface area contributed by atoms with Gasteiger partial charge in [0.1, 0.15) is 5.82 Å². The molecule has 2 amide bonds. The first kappa shape index (κ1) is 15.7. The van der Waals surface area contributed by atoms with Gasteiger partial charge in [-0.25, -0.2) is 4.39 Å². The van der Waals surface area contributed by atoms with Crippen LogP contribution in [0.3, 0.4) is 0 Å². The molecular formula is C17H17FN2O2. The van der Waals surface area contributed by atoms with Crippen molar-refractivity contribution in [3.63, 3.8) is 0 Å². The van der Waals surface area contributed by atoms with Crippen LogP contribution in [0.5, 0.6) is 0 Å². The maximum atomic E-state index is 13.4. The number of amides is 2. The van der Waals surface area contributed by atoms with E-state index < -0.39 is 17.6 Å². The molecular weight excluding hydrogens is 283 g/mol. The van der Waals surface area contributed by atoms with Crippen LogP contribution < -0.4 is 10.6 Å². The molecule has 0 radical (unpaired) electrons. The molecule has 0 aliphatic carbocycles. The molecule has 4 nitrogen and oxygen atoms in total. The lowest BCUT2D eigenvalue weighted by atomic mass is 10.1. The molecule has 0 bridgehead atoms. The molecule has 2 aromatic carbocycles. The number of carbonyl (C=O) groups excluding carboxylic acids is 2. The molecule has 114 valence electrons. The van der Waals surface area contributed by atoms with Crippen LogP contribution in [-0.2, 0) is 9.59 Å². The normalized spacial score (nSPS) is 11.6. The first-order chi connectivity index (χ1) is 10.5. The minimum absolute atomic E-state index is 0.246. The summed E-state index contributed by atoms with van der Waals surface area (Å²) in [5, 5.41) is 4.97. The summed E-state index contributed by atoms with van der Waals surface area (Å²) in [6.45, 7) is 3.40. The van der Waals surface area contributed by atoms with Crippen molar-refractivity contribution in [1.82, 2.24) is 5.32 Å². The molecule has 2 aromatic rings. The van der Waals surface area contributed by atoms with E-state index in [4.69, 9.17) is 0 Å². The zero-order chi connectivity index (χ0) is 16.1. The number of halogens is 1. The quantitative estimate of drug-likeness (QED) is 0.856. The summed E-state index contributed by atoms with van der Waals surface area (Å²) in [6.07, 6.45) is 0. The lowest BCUT2D eigenvalue weighted by Gasteiger charge is -2.14. The number of benzene rings is 2. The number of nitrogens with one attached hydrogen (secondary N) is 2. The number of aryl methyl sites for hydroxylation is 1. The Kier molecular flexibility index (Phi) is 4.88. The molecule has 0 saturated carbocycles. The highest BCUT2D eigenvalue weighted by molar-refractivity contribution is 6.39. The molecule has 0 unspecified atom stereocenters. The highest BCUT2D eigenvalue weighted by atomic mass is 19.1. The predicted octanol–water partition coefficient (Wildman–Crippen LogP) is 2.95. The second-order valence-corrected chi connectivity index (χ2v) is 5.02. The van der Waals surface area contributed by atoms with Crippen molar-refractivity contribution in [3.8, 4) is 0 Å². The summed E-state index contributed by atoms with van der Waals surface area (Å²) in [4.78, 5) is 23.7. The van der Waals surface area contributed by atoms with E-state index in [2.05, 4.69) is 10.6 Å². The first-order valence-corrected chi connectivity index (χ1v) is 6.90. The van der Waals surface area contributed by atoms with Gasteiger partial charge in [0.15, 0.2) is 0 Å². The molecule has 0 aliphatic heterocycles. The highest BCUT2D eigenvalue weighted by Gasteiger charge is 2.17. The van der Waals surface area contributed by atoms with Crippen LogP contribution >= 0.6 is 0 Å². The lowest BCUT2D eigenvalue weighted by molar-refractivity contribution is -0.136. The van der Waals surface area contributed by atoms with Gasteiger partial charge >= 0.3 is 11.8 Å². The zero-order valence-corrected chi connectivity index (χ0v) is 12.4. The van der Waals surface area contributed by atoms with Crippen molar-refractivity contribution in [2.45, 2.75) is 19.9 Å².